The van der Waals surface area contributed by atoms with Crippen LogP contribution in [0.3, 0.4) is 0 Å². The summed E-state index contributed by atoms with van der Waals surface area (Å²) in [4.78, 5) is 36.9. The molecule has 8 nitrogen and oxygen atoms in total. The predicted molar refractivity (Wildman–Crippen MR) is 128 cm³/mol. The quantitative estimate of drug-likeness (QED) is 0.333. The molecule has 0 aliphatic heterocycles. The Labute approximate surface area is 197 Å². The number of nitrogens with one attached hydrogen (secondary N) is 3. The Kier molecular flexibility index (Phi) is 6.87. The minimum atomic E-state index is -0.465. The molecule has 0 aliphatic rings. The number of H-pyrrole nitrogens is 1. The number of carbonyl (C=O) groups is 1. The Bertz CT molecular complexity index is 1310. The molecule has 0 fully saturated rings. The highest BCUT2D eigenvalue weighted by atomic mass is 79.9. The lowest BCUT2D eigenvalue weighted by Gasteiger charge is -2.13. The molecule has 1 aromatic carbocycles. The van der Waals surface area contributed by atoms with E-state index in [2.05, 4.69) is 41.5 Å². The van der Waals surface area contributed by atoms with Gasteiger partial charge in [-0.1, -0.05) is 41.9 Å². The molecule has 0 atom stereocenters. The number of anilines is 1. The normalized spacial score (nSPS) is 10.9. The standard InChI is InChI=1S/C22H20BrClN6O2/c23-19-20(24)30(22(32)21(29-19)26-8-6-14-4-2-1-3-5-14)13-18(31)28-11-16-10-15-7-9-25-17(15)12-27-16/h1-5,7,9-10,12,25H,6,8,11,13H2,(H,26,29)(H,28,31). The van der Waals surface area contributed by atoms with E-state index in [9.17, 15) is 9.59 Å². The highest BCUT2D eigenvalue weighted by Crippen LogP contribution is 2.20. The maximum atomic E-state index is 12.8. The molecule has 0 aliphatic carbocycles. The number of aromatic nitrogens is 4. The second-order valence-corrected chi connectivity index (χ2v) is 8.22. The summed E-state index contributed by atoms with van der Waals surface area (Å²) in [6.07, 6.45) is 4.27. The van der Waals surface area contributed by atoms with Gasteiger partial charge in [0.25, 0.3) is 5.56 Å². The monoisotopic (exact) mass is 514 g/mol. The zero-order chi connectivity index (χ0) is 22.5. The molecular weight excluding hydrogens is 496 g/mol. The number of amides is 1. The first-order valence-electron chi connectivity index (χ1n) is 9.93. The van der Waals surface area contributed by atoms with Crippen LogP contribution in [0.1, 0.15) is 11.3 Å². The van der Waals surface area contributed by atoms with Crippen LogP contribution in [0.2, 0.25) is 5.15 Å². The Hall–Kier alpha value is -3.17. The van der Waals surface area contributed by atoms with E-state index in [1.807, 2.05) is 48.7 Å². The molecule has 1 amide bonds. The van der Waals surface area contributed by atoms with E-state index in [-0.39, 0.29) is 34.6 Å². The zero-order valence-corrected chi connectivity index (χ0v) is 19.3. The predicted octanol–water partition coefficient (Wildman–Crippen LogP) is 3.51. The third-order valence-corrected chi connectivity index (χ3v) is 6.04. The van der Waals surface area contributed by atoms with E-state index in [0.717, 1.165) is 22.9 Å². The molecule has 3 heterocycles. The largest absolute Gasteiger partial charge is 0.365 e. The highest BCUT2D eigenvalue weighted by Gasteiger charge is 2.16. The molecule has 10 heteroatoms. The summed E-state index contributed by atoms with van der Waals surface area (Å²) in [6, 6.07) is 13.7. The molecule has 4 aromatic rings. The van der Waals surface area contributed by atoms with Crippen molar-refractivity contribution in [1.82, 2.24) is 24.8 Å². The third kappa shape index (κ3) is 5.17. The fraction of sp³-hybridized carbons (Fsp3) is 0.182. The average Bonchev–Trinajstić information content (AvgIpc) is 3.27. The summed E-state index contributed by atoms with van der Waals surface area (Å²) >= 11 is 9.51. The lowest BCUT2D eigenvalue weighted by Crippen LogP contribution is -2.34. The number of halogens is 2. The number of aromatic amines is 1. The molecule has 0 unspecified atom stereocenters. The van der Waals surface area contributed by atoms with Gasteiger partial charge in [0.1, 0.15) is 16.3 Å². The van der Waals surface area contributed by atoms with Crippen LogP contribution >= 0.6 is 27.5 Å². The summed E-state index contributed by atoms with van der Waals surface area (Å²) in [5.74, 6) is -0.233. The molecular formula is C22H20BrClN6O2. The number of benzene rings is 1. The van der Waals surface area contributed by atoms with Crippen molar-refractivity contribution in [2.45, 2.75) is 19.5 Å². The maximum absolute atomic E-state index is 12.8. The third-order valence-electron chi connectivity index (χ3n) is 4.88. The Balaban J connectivity index is 1.41. The molecule has 32 heavy (non-hydrogen) atoms. The Morgan fingerprint density at radius 2 is 2.03 bits per heavy atom. The summed E-state index contributed by atoms with van der Waals surface area (Å²) in [5, 5.41) is 6.88. The van der Waals surface area contributed by atoms with Gasteiger partial charge in [0, 0.05) is 18.1 Å². The number of nitrogens with zero attached hydrogens (tertiary/aromatic N) is 3. The van der Waals surface area contributed by atoms with E-state index >= 15 is 0 Å². The van der Waals surface area contributed by atoms with E-state index in [4.69, 9.17) is 11.6 Å². The van der Waals surface area contributed by atoms with E-state index < -0.39 is 5.56 Å². The number of carbonyl (C=O) groups excluding carboxylic acids is 1. The van der Waals surface area contributed by atoms with Crippen molar-refractivity contribution in [3.63, 3.8) is 0 Å². The van der Waals surface area contributed by atoms with Gasteiger partial charge in [-0.3, -0.25) is 19.1 Å². The highest BCUT2D eigenvalue weighted by molar-refractivity contribution is 9.10. The first-order chi connectivity index (χ1) is 15.5. The molecule has 0 saturated carbocycles. The van der Waals surface area contributed by atoms with E-state index in [1.54, 1.807) is 6.20 Å². The van der Waals surface area contributed by atoms with Crippen LogP contribution in [-0.4, -0.2) is 32.0 Å². The van der Waals surface area contributed by atoms with Gasteiger partial charge in [-0.05, 0) is 40.0 Å². The zero-order valence-electron chi connectivity index (χ0n) is 16.9. The molecule has 0 spiro atoms. The first kappa shape index (κ1) is 22.0. The fourth-order valence-electron chi connectivity index (χ4n) is 3.23. The van der Waals surface area contributed by atoms with Gasteiger partial charge in [0.15, 0.2) is 5.82 Å². The van der Waals surface area contributed by atoms with Crippen molar-refractivity contribution in [3.05, 3.63) is 86.2 Å². The fourth-order valence-corrected chi connectivity index (χ4v) is 3.80. The number of rotatable bonds is 8. The summed E-state index contributed by atoms with van der Waals surface area (Å²) in [5.41, 5.74) is 2.31. The smallest absolute Gasteiger partial charge is 0.294 e. The van der Waals surface area contributed by atoms with Gasteiger partial charge >= 0.3 is 0 Å². The molecule has 0 saturated heterocycles. The molecule has 0 radical (unpaired) electrons. The van der Waals surface area contributed by atoms with Crippen molar-refractivity contribution in [2.24, 2.45) is 0 Å². The van der Waals surface area contributed by atoms with Gasteiger partial charge in [0.05, 0.1) is 24.0 Å². The van der Waals surface area contributed by atoms with Gasteiger partial charge in [0.2, 0.25) is 5.91 Å². The van der Waals surface area contributed by atoms with Crippen LogP contribution in [-0.2, 0) is 24.3 Å². The number of hydrogen-bond donors (Lipinski definition) is 3. The summed E-state index contributed by atoms with van der Waals surface area (Å²) in [7, 11) is 0. The first-order valence-corrected chi connectivity index (χ1v) is 11.1. The molecule has 164 valence electrons. The van der Waals surface area contributed by atoms with Crippen LogP contribution in [0.15, 0.2) is 64.3 Å². The van der Waals surface area contributed by atoms with Crippen LogP contribution in [0, 0.1) is 0 Å². The van der Waals surface area contributed by atoms with Crippen molar-refractivity contribution < 1.29 is 4.79 Å². The van der Waals surface area contributed by atoms with E-state index in [1.165, 1.54) is 4.57 Å². The van der Waals surface area contributed by atoms with Gasteiger partial charge in [-0.15, -0.1) is 0 Å². The van der Waals surface area contributed by atoms with Crippen LogP contribution in [0.4, 0.5) is 5.82 Å². The molecule has 3 N–H and O–H groups in total. The lowest BCUT2D eigenvalue weighted by atomic mass is 10.1. The van der Waals surface area contributed by atoms with Crippen molar-refractivity contribution >= 4 is 50.2 Å². The minimum absolute atomic E-state index is 0.0608. The number of fused-ring (bicyclic) bond motifs is 1. The molecule has 3 aromatic heterocycles. The molecule has 4 rings (SSSR count). The number of hydrogen-bond acceptors (Lipinski definition) is 5. The van der Waals surface area contributed by atoms with E-state index in [0.29, 0.717) is 12.2 Å². The lowest BCUT2D eigenvalue weighted by molar-refractivity contribution is -0.121. The van der Waals surface area contributed by atoms with Crippen LogP contribution in [0.5, 0.6) is 0 Å². The summed E-state index contributed by atoms with van der Waals surface area (Å²) < 4.78 is 1.47. The van der Waals surface area contributed by atoms with Crippen molar-refractivity contribution in [1.29, 1.82) is 0 Å². The van der Waals surface area contributed by atoms with Crippen LogP contribution in [0.25, 0.3) is 10.9 Å². The Morgan fingerprint density at radius 1 is 1.22 bits per heavy atom. The van der Waals surface area contributed by atoms with Crippen LogP contribution < -0.4 is 16.2 Å². The van der Waals surface area contributed by atoms with Gasteiger partial charge in [-0.2, -0.15) is 0 Å². The second kappa shape index (κ2) is 9.97. The minimum Gasteiger partial charge on any atom is -0.365 e. The summed E-state index contributed by atoms with van der Waals surface area (Å²) in [6.45, 7) is 0.513. The van der Waals surface area contributed by atoms with Gasteiger partial charge < -0.3 is 15.6 Å². The van der Waals surface area contributed by atoms with Crippen molar-refractivity contribution in [2.75, 3.05) is 11.9 Å². The topological polar surface area (TPSA) is 105 Å². The average molecular weight is 516 g/mol. The van der Waals surface area contributed by atoms with Crippen molar-refractivity contribution in [3.8, 4) is 0 Å². The maximum Gasteiger partial charge on any atom is 0.294 e. The Morgan fingerprint density at radius 3 is 2.84 bits per heavy atom. The van der Waals surface area contributed by atoms with Gasteiger partial charge in [-0.25, -0.2) is 4.98 Å². The molecule has 0 bridgehead atoms. The second-order valence-electron chi connectivity index (χ2n) is 7.11. The SMILES string of the molecule is O=C(Cn1c(Cl)c(Br)nc(NCCc2ccccc2)c1=O)NCc1cc2cc[nH]c2cn1. The number of pyridine rings is 1.